The van der Waals surface area contributed by atoms with Crippen molar-refractivity contribution in [2.75, 3.05) is 11.9 Å². The Morgan fingerprint density at radius 1 is 1.00 bits per heavy atom. The lowest BCUT2D eigenvalue weighted by Crippen LogP contribution is -2.08. The monoisotopic (exact) mass is 233 g/mol. The van der Waals surface area contributed by atoms with Crippen molar-refractivity contribution in [2.45, 2.75) is 0 Å². The first kappa shape index (κ1) is 10.8. The van der Waals surface area contributed by atoms with Crippen LogP contribution in [0.1, 0.15) is 0 Å². The zero-order valence-corrected chi connectivity index (χ0v) is 9.65. The van der Waals surface area contributed by atoms with Gasteiger partial charge >= 0.3 is 0 Å². The van der Waals surface area contributed by atoms with Gasteiger partial charge in [-0.1, -0.05) is 17.7 Å². The predicted molar refractivity (Wildman–Crippen MR) is 67.6 cm³/mol. The van der Waals surface area contributed by atoms with Gasteiger partial charge in [0.05, 0.1) is 0 Å². The standard InChI is InChI=1S/C13H12ClNO/c1-15(11-7-5-10(14)6-8-11)12-3-2-4-13(16)9-12/h2-9,16H,1H3. The summed E-state index contributed by atoms with van der Waals surface area (Å²) in [6, 6.07) is 14.7. The van der Waals surface area contributed by atoms with Gasteiger partial charge in [0.15, 0.2) is 0 Å². The van der Waals surface area contributed by atoms with Crippen LogP contribution in [0, 0.1) is 0 Å². The number of rotatable bonds is 2. The number of nitrogens with zero attached hydrogens (tertiary/aromatic N) is 1. The number of hydrogen-bond acceptors (Lipinski definition) is 2. The maximum atomic E-state index is 9.41. The molecule has 16 heavy (non-hydrogen) atoms. The Hall–Kier alpha value is -1.67. The maximum Gasteiger partial charge on any atom is 0.117 e. The summed E-state index contributed by atoms with van der Waals surface area (Å²) in [6.45, 7) is 0. The largest absolute Gasteiger partial charge is 0.508 e. The molecule has 2 nitrogen and oxygen atoms in total. The first-order valence-electron chi connectivity index (χ1n) is 4.95. The normalized spacial score (nSPS) is 10.1. The molecule has 2 aromatic carbocycles. The summed E-state index contributed by atoms with van der Waals surface area (Å²) < 4.78 is 0. The number of phenols is 1. The van der Waals surface area contributed by atoms with Gasteiger partial charge in [-0.15, -0.1) is 0 Å². The van der Waals surface area contributed by atoms with Crippen LogP contribution in [-0.4, -0.2) is 12.2 Å². The van der Waals surface area contributed by atoms with E-state index in [1.54, 1.807) is 12.1 Å². The molecule has 2 rings (SSSR count). The zero-order chi connectivity index (χ0) is 11.5. The average Bonchev–Trinajstić information content (AvgIpc) is 2.29. The van der Waals surface area contributed by atoms with Gasteiger partial charge in [-0.05, 0) is 36.4 Å². The van der Waals surface area contributed by atoms with E-state index in [1.165, 1.54) is 0 Å². The lowest BCUT2D eigenvalue weighted by atomic mass is 10.2. The summed E-state index contributed by atoms with van der Waals surface area (Å²) in [4.78, 5) is 1.98. The molecular weight excluding hydrogens is 222 g/mol. The molecule has 0 fully saturated rings. The molecule has 0 bridgehead atoms. The summed E-state index contributed by atoms with van der Waals surface area (Å²) in [7, 11) is 1.94. The smallest absolute Gasteiger partial charge is 0.117 e. The fraction of sp³-hybridized carbons (Fsp3) is 0.0769. The number of benzene rings is 2. The van der Waals surface area contributed by atoms with Crippen LogP contribution < -0.4 is 4.90 Å². The fourth-order valence-corrected chi connectivity index (χ4v) is 1.64. The third kappa shape index (κ3) is 2.28. The highest BCUT2D eigenvalue weighted by molar-refractivity contribution is 6.30. The molecule has 0 unspecified atom stereocenters. The fourth-order valence-electron chi connectivity index (χ4n) is 1.52. The first-order chi connectivity index (χ1) is 7.66. The predicted octanol–water partition coefficient (Wildman–Crippen LogP) is 3.81. The average molecular weight is 234 g/mol. The molecule has 0 amide bonds. The van der Waals surface area contributed by atoms with Crippen molar-refractivity contribution in [3.63, 3.8) is 0 Å². The van der Waals surface area contributed by atoms with Gasteiger partial charge in [-0.3, -0.25) is 0 Å². The minimum absolute atomic E-state index is 0.262. The third-order valence-electron chi connectivity index (χ3n) is 2.43. The molecule has 2 aromatic rings. The van der Waals surface area contributed by atoms with Crippen LogP contribution in [0.25, 0.3) is 0 Å². The summed E-state index contributed by atoms with van der Waals surface area (Å²) >= 11 is 5.83. The number of phenolic OH excluding ortho intramolecular Hbond substituents is 1. The molecule has 1 N–H and O–H groups in total. The van der Waals surface area contributed by atoms with Crippen molar-refractivity contribution in [3.05, 3.63) is 53.6 Å². The molecule has 82 valence electrons. The van der Waals surface area contributed by atoms with Crippen LogP contribution >= 0.6 is 11.6 Å². The van der Waals surface area contributed by atoms with Gasteiger partial charge in [0.25, 0.3) is 0 Å². The van der Waals surface area contributed by atoms with Crippen LogP contribution in [0.15, 0.2) is 48.5 Å². The van der Waals surface area contributed by atoms with E-state index in [2.05, 4.69) is 0 Å². The minimum Gasteiger partial charge on any atom is -0.508 e. The highest BCUT2D eigenvalue weighted by Gasteiger charge is 2.03. The van der Waals surface area contributed by atoms with Crippen LogP contribution in [0.5, 0.6) is 5.75 Å². The zero-order valence-electron chi connectivity index (χ0n) is 8.89. The summed E-state index contributed by atoms with van der Waals surface area (Å²) in [5.74, 6) is 0.262. The van der Waals surface area contributed by atoms with Crippen LogP contribution in [0.4, 0.5) is 11.4 Å². The SMILES string of the molecule is CN(c1ccc(Cl)cc1)c1cccc(O)c1. The summed E-state index contributed by atoms with van der Waals surface area (Å²) in [5, 5.41) is 10.1. The Balaban J connectivity index is 2.31. The Morgan fingerprint density at radius 3 is 2.31 bits per heavy atom. The van der Waals surface area contributed by atoms with E-state index in [4.69, 9.17) is 11.6 Å². The summed E-state index contributed by atoms with van der Waals surface area (Å²) in [6.07, 6.45) is 0. The Kier molecular flexibility index (Phi) is 3.02. The molecule has 0 aromatic heterocycles. The third-order valence-corrected chi connectivity index (χ3v) is 2.68. The van der Waals surface area contributed by atoms with E-state index in [0.717, 1.165) is 11.4 Å². The van der Waals surface area contributed by atoms with Gasteiger partial charge < -0.3 is 10.0 Å². The summed E-state index contributed by atoms with van der Waals surface area (Å²) in [5.41, 5.74) is 1.96. The van der Waals surface area contributed by atoms with Crippen LogP contribution in [-0.2, 0) is 0 Å². The Labute approximate surface area is 99.7 Å². The molecule has 0 saturated heterocycles. The molecule has 0 saturated carbocycles. The van der Waals surface area contributed by atoms with Gasteiger partial charge in [0.2, 0.25) is 0 Å². The molecule has 0 atom stereocenters. The van der Waals surface area contributed by atoms with E-state index < -0.39 is 0 Å². The molecule has 0 spiro atoms. The van der Waals surface area contributed by atoms with E-state index in [0.29, 0.717) is 5.02 Å². The van der Waals surface area contributed by atoms with E-state index in [-0.39, 0.29) is 5.75 Å². The van der Waals surface area contributed by atoms with Gasteiger partial charge in [-0.25, -0.2) is 0 Å². The second kappa shape index (κ2) is 4.45. The van der Waals surface area contributed by atoms with Gasteiger partial charge in [0, 0.05) is 29.5 Å². The van der Waals surface area contributed by atoms with Crippen LogP contribution in [0.3, 0.4) is 0 Å². The van der Waals surface area contributed by atoms with Crippen molar-refractivity contribution in [1.82, 2.24) is 0 Å². The Bertz CT molecular complexity index is 482. The van der Waals surface area contributed by atoms with E-state index >= 15 is 0 Å². The van der Waals surface area contributed by atoms with Crippen molar-refractivity contribution in [1.29, 1.82) is 0 Å². The number of hydrogen-bond donors (Lipinski definition) is 1. The number of aromatic hydroxyl groups is 1. The highest BCUT2D eigenvalue weighted by atomic mass is 35.5. The number of halogens is 1. The lowest BCUT2D eigenvalue weighted by Gasteiger charge is -2.19. The molecule has 0 aliphatic rings. The van der Waals surface area contributed by atoms with E-state index in [1.807, 2.05) is 48.3 Å². The molecule has 0 aliphatic heterocycles. The van der Waals surface area contributed by atoms with Crippen LogP contribution in [0.2, 0.25) is 5.02 Å². The van der Waals surface area contributed by atoms with Crippen molar-refractivity contribution in [2.24, 2.45) is 0 Å². The first-order valence-corrected chi connectivity index (χ1v) is 5.33. The molecule has 0 radical (unpaired) electrons. The maximum absolute atomic E-state index is 9.41. The number of anilines is 2. The highest BCUT2D eigenvalue weighted by Crippen LogP contribution is 2.26. The molecular formula is C13H12ClNO. The van der Waals surface area contributed by atoms with E-state index in [9.17, 15) is 5.11 Å². The second-order valence-electron chi connectivity index (χ2n) is 3.56. The van der Waals surface area contributed by atoms with Gasteiger partial charge in [0.1, 0.15) is 5.75 Å². The lowest BCUT2D eigenvalue weighted by molar-refractivity contribution is 0.475. The quantitative estimate of drug-likeness (QED) is 0.853. The van der Waals surface area contributed by atoms with Gasteiger partial charge in [-0.2, -0.15) is 0 Å². The Morgan fingerprint density at radius 2 is 1.69 bits per heavy atom. The molecule has 3 heteroatoms. The van der Waals surface area contributed by atoms with Crippen molar-refractivity contribution in [3.8, 4) is 5.75 Å². The van der Waals surface area contributed by atoms with Crippen molar-refractivity contribution < 1.29 is 5.11 Å². The second-order valence-corrected chi connectivity index (χ2v) is 3.99. The topological polar surface area (TPSA) is 23.5 Å². The molecule has 0 heterocycles. The van der Waals surface area contributed by atoms with Crippen molar-refractivity contribution >= 4 is 23.0 Å². The molecule has 0 aliphatic carbocycles. The minimum atomic E-state index is 0.262.